The number of rotatable bonds is 6. The molecule has 26 heavy (non-hydrogen) atoms. The molecule has 0 radical (unpaired) electrons. The summed E-state index contributed by atoms with van der Waals surface area (Å²) in [7, 11) is 2.07. The van der Waals surface area contributed by atoms with Gasteiger partial charge in [-0.15, -0.1) is 0 Å². The van der Waals surface area contributed by atoms with Crippen LogP contribution in [0.1, 0.15) is 54.4 Å². The fourth-order valence-corrected chi connectivity index (χ4v) is 4.73. The molecule has 0 aromatic heterocycles. The largest absolute Gasteiger partial charge is 0.390 e. The highest BCUT2D eigenvalue weighted by molar-refractivity contribution is 6.07. The van der Waals surface area contributed by atoms with Gasteiger partial charge < -0.3 is 15.3 Å². The number of nitrogens with one attached hydrogen (secondary N) is 1. The Hall–Kier alpha value is -1.18. The van der Waals surface area contributed by atoms with Crippen LogP contribution in [-0.2, 0) is 4.79 Å². The number of imide groups is 1. The fourth-order valence-electron chi connectivity index (χ4n) is 4.73. The maximum Gasteiger partial charge on any atom is 0.325 e. The van der Waals surface area contributed by atoms with Crippen molar-refractivity contribution in [3.05, 3.63) is 0 Å². The van der Waals surface area contributed by atoms with Crippen LogP contribution in [0.3, 0.4) is 0 Å². The lowest BCUT2D eigenvalue weighted by atomic mass is 9.69. The molecule has 1 unspecified atom stereocenters. The third-order valence-electron chi connectivity index (χ3n) is 6.29. The molecule has 2 aliphatic heterocycles. The predicted molar refractivity (Wildman–Crippen MR) is 102 cm³/mol. The van der Waals surface area contributed by atoms with E-state index < -0.39 is 11.6 Å². The van der Waals surface area contributed by atoms with Crippen LogP contribution in [0.5, 0.6) is 0 Å². The number of likely N-dealkylation sites (tertiary alicyclic amines) is 1. The third kappa shape index (κ3) is 3.75. The quantitative estimate of drug-likeness (QED) is 0.691. The summed E-state index contributed by atoms with van der Waals surface area (Å²) in [5, 5.41) is 13.4. The summed E-state index contributed by atoms with van der Waals surface area (Å²) in [6.07, 6.45) is 0.382. The number of urea groups is 1. The molecule has 2 rings (SSSR count). The summed E-state index contributed by atoms with van der Waals surface area (Å²) in [5.74, 6) is -0.199. The highest BCUT2D eigenvalue weighted by Crippen LogP contribution is 2.44. The van der Waals surface area contributed by atoms with Gasteiger partial charge in [0.25, 0.3) is 5.91 Å². The highest BCUT2D eigenvalue weighted by atomic mass is 16.3. The Labute approximate surface area is 157 Å². The molecule has 7 nitrogen and oxygen atoms in total. The first-order chi connectivity index (χ1) is 11.9. The van der Waals surface area contributed by atoms with E-state index in [0.717, 1.165) is 13.1 Å². The van der Waals surface area contributed by atoms with E-state index in [1.807, 2.05) is 13.8 Å². The van der Waals surface area contributed by atoms with Gasteiger partial charge in [-0.2, -0.15) is 0 Å². The van der Waals surface area contributed by atoms with Crippen LogP contribution in [0.4, 0.5) is 4.79 Å². The molecule has 7 heteroatoms. The summed E-state index contributed by atoms with van der Waals surface area (Å²) < 4.78 is 0. The van der Waals surface area contributed by atoms with Crippen LogP contribution in [0.15, 0.2) is 0 Å². The third-order valence-corrected chi connectivity index (χ3v) is 6.29. The number of piperidine rings is 1. The molecule has 0 aromatic carbocycles. The maximum absolute atomic E-state index is 13.2. The van der Waals surface area contributed by atoms with Crippen LogP contribution in [0.2, 0.25) is 0 Å². The molecular weight excluding hydrogens is 332 g/mol. The minimum absolute atomic E-state index is 0.0413. The van der Waals surface area contributed by atoms with Gasteiger partial charge in [0, 0.05) is 17.6 Å². The van der Waals surface area contributed by atoms with E-state index in [1.165, 1.54) is 4.90 Å². The van der Waals surface area contributed by atoms with Crippen molar-refractivity contribution < 1.29 is 14.7 Å². The van der Waals surface area contributed by atoms with Crippen molar-refractivity contribution in [1.82, 2.24) is 20.0 Å². The average molecular weight is 369 g/mol. The molecule has 3 amide bonds. The number of aliphatic hydroxyl groups excluding tert-OH is 1. The van der Waals surface area contributed by atoms with Gasteiger partial charge >= 0.3 is 6.03 Å². The summed E-state index contributed by atoms with van der Waals surface area (Å²) >= 11 is 0. The SMILES string of the molecule is CCN(CC)CC(O)CN1C(=O)NC2(CC(C)(C)N(C)C(C)(C)C2)C1=O. The topological polar surface area (TPSA) is 76.1 Å². The molecule has 2 aliphatic rings. The number of carbonyl (C=O) groups excluding carboxylic acids is 2. The van der Waals surface area contributed by atoms with Crippen molar-refractivity contribution in [3.63, 3.8) is 0 Å². The molecule has 0 aliphatic carbocycles. The normalized spacial score (nSPS) is 25.8. The molecule has 0 aromatic rings. The molecular formula is C19H36N4O3. The van der Waals surface area contributed by atoms with E-state index in [4.69, 9.17) is 0 Å². The van der Waals surface area contributed by atoms with Crippen molar-refractivity contribution in [1.29, 1.82) is 0 Å². The van der Waals surface area contributed by atoms with E-state index in [1.54, 1.807) is 0 Å². The monoisotopic (exact) mass is 368 g/mol. The van der Waals surface area contributed by atoms with Crippen LogP contribution in [0.25, 0.3) is 0 Å². The summed E-state index contributed by atoms with van der Waals surface area (Å²) in [5.41, 5.74) is -1.33. The van der Waals surface area contributed by atoms with Gasteiger partial charge in [0.1, 0.15) is 5.54 Å². The van der Waals surface area contributed by atoms with Gasteiger partial charge in [-0.3, -0.25) is 14.6 Å². The fraction of sp³-hybridized carbons (Fsp3) is 0.895. The predicted octanol–water partition coefficient (Wildman–Crippen LogP) is 1.26. The Morgan fingerprint density at radius 2 is 1.62 bits per heavy atom. The first-order valence-electron chi connectivity index (χ1n) is 9.67. The number of β-amino-alcohol motifs (C(OH)–C–C–N with tert-alkyl or cyclic N) is 1. The van der Waals surface area contributed by atoms with Crippen LogP contribution in [0, 0.1) is 0 Å². The number of hydrogen-bond acceptors (Lipinski definition) is 5. The lowest BCUT2D eigenvalue weighted by molar-refractivity contribution is -0.140. The number of hydrogen-bond donors (Lipinski definition) is 2. The zero-order valence-corrected chi connectivity index (χ0v) is 17.4. The second kappa shape index (κ2) is 7.09. The maximum atomic E-state index is 13.2. The van der Waals surface area contributed by atoms with E-state index in [-0.39, 0.29) is 29.6 Å². The van der Waals surface area contributed by atoms with Gasteiger partial charge in [-0.25, -0.2) is 4.79 Å². The van der Waals surface area contributed by atoms with E-state index in [9.17, 15) is 14.7 Å². The molecule has 2 N–H and O–H groups in total. The number of aliphatic hydroxyl groups is 1. The smallest absolute Gasteiger partial charge is 0.325 e. The molecule has 150 valence electrons. The Bertz CT molecular complexity index is 539. The van der Waals surface area contributed by atoms with Crippen molar-refractivity contribution >= 4 is 11.9 Å². The Balaban J connectivity index is 2.18. The zero-order valence-electron chi connectivity index (χ0n) is 17.4. The zero-order chi connectivity index (χ0) is 19.9. The number of likely N-dealkylation sites (N-methyl/N-ethyl adjacent to an activating group) is 1. The Morgan fingerprint density at radius 3 is 2.08 bits per heavy atom. The molecule has 1 atom stereocenters. The Kier molecular flexibility index (Phi) is 5.76. The average Bonchev–Trinajstić information content (AvgIpc) is 2.73. The Morgan fingerprint density at radius 1 is 1.12 bits per heavy atom. The van der Waals surface area contributed by atoms with Gasteiger partial charge in [0.15, 0.2) is 0 Å². The van der Waals surface area contributed by atoms with Crippen LogP contribution < -0.4 is 5.32 Å². The minimum Gasteiger partial charge on any atom is -0.390 e. The van der Waals surface area contributed by atoms with E-state index >= 15 is 0 Å². The molecule has 2 saturated heterocycles. The van der Waals surface area contributed by atoms with Crippen molar-refractivity contribution in [2.75, 3.05) is 33.2 Å². The van der Waals surface area contributed by atoms with E-state index in [2.05, 4.69) is 49.9 Å². The van der Waals surface area contributed by atoms with Crippen molar-refractivity contribution in [3.8, 4) is 0 Å². The van der Waals surface area contributed by atoms with Gasteiger partial charge in [0.2, 0.25) is 0 Å². The van der Waals surface area contributed by atoms with Crippen molar-refractivity contribution in [2.24, 2.45) is 0 Å². The lowest BCUT2D eigenvalue weighted by Gasteiger charge is -2.56. The molecule has 2 heterocycles. The van der Waals surface area contributed by atoms with Crippen LogP contribution >= 0.6 is 0 Å². The first kappa shape index (κ1) is 21.1. The summed E-state index contributed by atoms with van der Waals surface area (Å²) in [6.45, 7) is 14.6. The first-order valence-corrected chi connectivity index (χ1v) is 9.67. The molecule has 0 saturated carbocycles. The molecule has 2 fully saturated rings. The van der Waals surface area contributed by atoms with Crippen molar-refractivity contribution in [2.45, 2.75) is 77.1 Å². The molecule has 1 spiro atoms. The minimum atomic E-state index is -0.883. The van der Waals surface area contributed by atoms with Gasteiger partial charge in [-0.05, 0) is 60.7 Å². The number of nitrogens with zero attached hydrogens (tertiary/aromatic N) is 3. The second-order valence-corrected chi connectivity index (χ2v) is 9.11. The summed E-state index contributed by atoms with van der Waals surface area (Å²) in [6, 6.07) is -0.384. The summed E-state index contributed by atoms with van der Waals surface area (Å²) in [4.78, 5) is 31.4. The number of amides is 3. The van der Waals surface area contributed by atoms with Gasteiger partial charge in [0.05, 0.1) is 12.6 Å². The molecule has 0 bridgehead atoms. The lowest BCUT2D eigenvalue weighted by Crippen LogP contribution is -2.68. The standard InChI is InChI=1S/C19H36N4O3/c1-8-22(9-2)10-14(24)11-23-15(25)19(20-16(23)26)12-17(3,4)21(7)18(5,6)13-19/h14,24H,8-13H2,1-7H3,(H,20,26). The highest BCUT2D eigenvalue weighted by Gasteiger charge is 2.60. The van der Waals surface area contributed by atoms with Crippen LogP contribution in [-0.4, -0.2) is 87.7 Å². The van der Waals surface area contributed by atoms with E-state index in [0.29, 0.717) is 19.4 Å². The number of carbonyl (C=O) groups is 2. The second-order valence-electron chi connectivity index (χ2n) is 9.11. The van der Waals surface area contributed by atoms with Gasteiger partial charge in [-0.1, -0.05) is 13.8 Å².